The number of hydrogen-bond acceptors (Lipinski definition) is 3. The van der Waals surface area contributed by atoms with Crippen LogP contribution in [0.15, 0.2) is 38.6 Å². The van der Waals surface area contributed by atoms with Gasteiger partial charge in [-0.05, 0) is 60.2 Å². The van der Waals surface area contributed by atoms with Crippen LogP contribution in [0.4, 0.5) is 0 Å². The van der Waals surface area contributed by atoms with Crippen LogP contribution in [-0.2, 0) is 0 Å². The molecule has 5 heteroatoms. The summed E-state index contributed by atoms with van der Waals surface area (Å²) in [6.45, 7) is 2.67. The topological polar surface area (TPSA) is 21.3 Å². The standard InChI is InChI=1S/C14H15Br2NOS/c1-3-18-11-5-4-9(15)8-10(11)14(17-2)12-6-7-13(16)19-12/h4-8,14,17H,3H2,1-2H3. The smallest absolute Gasteiger partial charge is 0.124 e. The lowest BCUT2D eigenvalue weighted by Crippen LogP contribution is -2.17. The molecular formula is C14H15Br2NOS. The van der Waals surface area contributed by atoms with Crippen molar-refractivity contribution in [2.45, 2.75) is 13.0 Å². The van der Waals surface area contributed by atoms with Gasteiger partial charge in [0.25, 0.3) is 0 Å². The normalized spacial score (nSPS) is 12.4. The Bertz CT molecular complexity index is 556. The fourth-order valence-electron chi connectivity index (χ4n) is 1.97. The van der Waals surface area contributed by atoms with E-state index in [1.54, 1.807) is 11.3 Å². The van der Waals surface area contributed by atoms with Gasteiger partial charge in [0, 0.05) is 14.9 Å². The number of ether oxygens (including phenoxy) is 1. The third-order valence-corrected chi connectivity index (χ3v) is 4.93. The molecule has 1 atom stereocenters. The van der Waals surface area contributed by atoms with Crippen LogP contribution in [0.25, 0.3) is 0 Å². The molecule has 19 heavy (non-hydrogen) atoms. The highest BCUT2D eigenvalue weighted by molar-refractivity contribution is 9.11. The molecule has 102 valence electrons. The number of halogens is 2. The van der Waals surface area contributed by atoms with E-state index in [1.165, 1.54) is 4.88 Å². The number of thiophene rings is 1. The average Bonchev–Trinajstić information content (AvgIpc) is 2.80. The van der Waals surface area contributed by atoms with Gasteiger partial charge in [-0.15, -0.1) is 11.3 Å². The molecule has 0 aliphatic rings. The van der Waals surface area contributed by atoms with E-state index in [-0.39, 0.29) is 6.04 Å². The second kappa shape index (κ2) is 6.88. The minimum absolute atomic E-state index is 0.135. The van der Waals surface area contributed by atoms with Gasteiger partial charge in [0.2, 0.25) is 0 Å². The van der Waals surface area contributed by atoms with Gasteiger partial charge in [0.1, 0.15) is 5.75 Å². The first-order chi connectivity index (χ1) is 9.15. The van der Waals surface area contributed by atoms with E-state index in [0.29, 0.717) is 6.61 Å². The molecule has 2 nitrogen and oxygen atoms in total. The SMILES string of the molecule is CCOc1ccc(Br)cc1C(NC)c1ccc(Br)s1. The predicted molar refractivity (Wildman–Crippen MR) is 88.2 cm³/mol. The summed E-state index contributed by atoms with van der Waals surface area (Å²) in [5.41, 5.74) is 1.15. The molecule has 0 spiro atoms. The highest BCUT2D eigenvalue weighted by Gasteiger charge is 2.18. The van der Waals surface area contributed by atoms with E-state index < -0.39 is 0 Å². The van der Waals surface area contributed by atoms with Crippen LogP contribution < -0.4 is 10.1 Å². The van der Waals surface area contributed by atoms with Crippen molar-refractivity contribution in [3.05, 3.63) is 49.0 Å². The molecule has 0 fully saturated rings. The van der Waals surface area contributed by atoms with Crippen LogP contribution in [0, 0.1) is 0 Å². The molecule has 0 amide bonds. The Morgan fingerprint density at radius 3 is 2.63 bits per heavy atom. The van der Waals surface area contributed by atoms with E-state index in [0.717, 1.165) is 19.6 Å². The summed E-state index contributed by atoms with van der Waals surface area (Å²) in [4.78, 5) is 1.26. The molecule has 1 aromatic heterocycles. The van der Waals surface area contributed by atoms with Crippen molar-refractivity contribution >= 4 is 43.2 Å². The van der Waals surface area contributed by atoms with E-state index in [2.05, 4.69) is 55.4 Å². The van der Waals surface area contributed by atoms with Crippen molar-refractivity contribution in [1.82, 2.24) is 5.32 Å². The molecule has 0 aliphatic heterocycles. The quantitative estimate of drug-likeness (QED) is 0.758. The molecule has 0 radical (unpaired) electrons. The number of hydrogen-bond donors (Lipinski definition) is 1. The first-order valence-electron chi connectivity index (χ1n) is 6.00. The lowest BCUT2D eigenvalue weighted by molar-refractivity contribution is 0.334. The third kappa shape index (κ3) is 3.60. The monoisotopic (exact) mass is 403 g/mol. The summed E-state index contributed by atoms with van der Waals surface area (Å²) >= 11 is 8.78. The molecule has 0 saturated carbocycles. The van der Waals surface area contributed by atoms with Gasteiger partial charge in [-0.2, -0.15) is 0 Å². The lowest BCUT2D eigenvalue weighted by atomic mass is 10.0. The van der Waals surface area contributed by atoms with Crippen LogP contribution in [-0.4, -0.2) is 13.7 Å². The minimum atomic E-state index is 0.135. The van der Waals surface area contributed by atoms with Crippen molar-refractivity contribution in [2.75, 3.05) is 13.7 Å². The second-order valence-corrected chi connectivity index (χ2v) is 7.39. The maximum atomic E-state index is 5.74. The maximum Gasteiger partial charge on any atom is 0.124 e. The van der Waals surface area contributed by atoms with Crippen LogP contribution in [0.5, 0.6) is 5.75 Å². The summed E-state index contributed by atoms with van der Waals surface area (Å²) in [6.07, 6.45) is 0. The van der Waals surface area contributed by atoms with Crippen molar-refractivity contribution in [1.29, 1.82) is 0 Å². The highest BCUT2D eigenvalue weighted by Crippen LogP contribution is 2.36. The van der Waals surface area contributed by atoms with Gasteiger partial charge in [-0.1, -0.05) is 15.9 Å². The largest absolute Gasteiger partial charge is 0.494 e. The Kier molecular flexibility index (Phi) is 5.45. The number of benzene rings is 1. The highest BCUT2D eigenvalue weighted by atomic mass is 79.9. The molecule has 0 saturated heterocycles. The van der Waals surface area contributed by atoms with Crippen molar-refractivity contribution in [3.8, 4) is 5.75 Å². The van der Waals surface area contributed by atoms with Gasteiger partial charge in [-0.25, -0.2) is 0 Å². The molecule has 1 heterocycles. The second-order valence-electron chi connectivity index (χ2n) is 3.98. The summed E-state index contributed by atoms with van der Waals surface area (Å²) in [5, 5.41) is 3.36. The summed E-state index contributed by atoms with van der Waals surface area (Å²) in [7, 11) is 1.97. The number of rotatable bonds is 5. The Hall–Kier alpha value is -0.360. The van der Waals surface area contributed by atoms with E-state index in [9.17, 15) is 0 Å². The Morgan fingerprint density at radius 1 is 1.26 bits per heavy atom. The summed E-state index contributed by atoms with van der Waals surface area (Å²) in [5.74, 6) is 0.926. The van der Waals surface area contributed by atoms with E-state index in [4.69, 9.17) is 4.74 Å². The molecule has 1 unspecified atom stereocenters. The van der Waals surface area contributed by atoms with Crippen molar-refractivity contribution in [3.63, 3.8) is 0 Å². The fraction of sp³-hybridized carbons (Fsp3) is 0.286. The van der Waals surface area contributed by atoms with Crippen LogP contribution >= 0.6 is 43.2 Å². The first-order valence-corrected chi connectivity index (χ1v) is 8.40. The minimum Gasteiger partial charge on any atom is -0.494 e. The number of nitrogens with one attached hydrogen (secondary N) is 1. The van der Waals surface area contributed by atoms with E-state index in [1.807, 2.05) is 26.1 Å². The maximum absolute atomic E-state index is 5.74. The average molecular weight is 405 g/mol. The summed E-state index contributed by atoms with van der Waals surface area (Å²) in [6, 6.07) is 10.5. The van der Waals surface area contributed by atoms with Gasteiger partial charge >= 0.3 is 0 Å². The third-order valence-electron chi connectivity index (χ3n) is 2.75. The molecule has 1 aromatic carbocycles. The molecule has 1 N–H and O–H groups in total. The van der Waals surface area contributed by atoms with Crippen LogP contribution in [0.2, 0.25) is 0 Å². The molecular weight excluding hydrogens is 390 g/mol. The fourth-order valence-corrected chi connectivity index (χ4v) is 3.90. The zero-order chi connectivity index (χ0) is 13.8. The van der Waals surface area contributed by atoms with Crippen molar-refractivity contribution in [2.24, 2.45) is 0 Å². The molecule has 0 bridgehead atoms. The summed E-state index contributed by atoms with van der Waals surface area (Å²) < 4.78 is 7.93. The van der Waals surface area contributed by atoms with Crippen molar-refractivity contribution < 1.29 is 4.74 Å². The Morgan fingerprint density at radius 2 is 2.05 bits per heavy atom. The lowest BCUT2D eigenvalue weighted by Gasteiger charge is -2.19. The van der Waals surface area contributed by atoms with Gasteiger partial charge in [0.05, 0.1) is 16.4 Å². The van der Waals surface area contributed by atoms with E-state index >= 15 is 0 Å². The molecule has 2 aromatic rings. The Balaban J connectivity index is 2.44. The Labute approximate surface area is 134 Å². The zero-order valence-electron chi connectivity index (χ0n) is 10.7. The van der Waals surface area contributed by atoms with Gasteiger partial charge in [0.15, 0.2) is 0 Å². The predicted octanol–water partition coefficient (Wildman–Crippen LogP) is 4.98. The van der Waals surface area contributed by atoms with Crippen LogP contribution in [0.1, 0.15) is 23.4 Å². The molecule has 0 aliphatic carbocycles. The zero-order valence-corrected chi connectivity index (χ0v) is 14.7. The van der Waals surface area contributed by atoms with Gasteiger partial charge in [-0.3, -0.25) is 0 Å². The first kappa shape index (κ1) is 15.0. The molecule has 2 rings (SSSR count). The van der Waals surface area contributed by atoms with Gasteiger partial charge < -0.3 is 10.1 Å². The van der Waals surface area contributed by atoms with Crippen LogP contribution in [0.3, 0.4) is 0 Å².